The van der Waals surface area contributed by atoms with Crippen LogP contribution in [0.2, 0.25) is 5.02 Å². The molecule has 2 aromatic heterocycles. The molecule has 2 aromatic rings. The maximum atomic E-state index is 12.9. The zero-order valence-corrected chi connectivity index (χ0v) is 24.1. The van der Waals surface area contributed by atoms with Gasteiger partial charge in [-0.2, -0.15) is 0 Å². The molecule has 0 bridgehead atoms. The summed E-state index contributed by atoms with van der Waals surface area (Å²) in [5.74, 6) is -0.362. The van der Waals surface area contributed by atoms with Crippen LogP contribution in [0.3, 0.4) is 0 Å². The van der Waals surface area contributed by atoms with Gasteiger partial charge in [0.15, 0.2) is 5.43 Å². The fraction of sp³-hybridized carbons (Fsp3) is 0.630. The standard InChI is InChI=1S/C27H37ClN4O6/c1-9-36-24(34)17-13-31-18(12-19(17)33)22-21(28)23(29-32(22)14-20(31)26(2,3)4)37-16-10-15(11-16)30(8)25(35)38-27(5,6)7/h12-13,15-16,20H,9-11,14H2,1-8H3/t15?,16?,20-/m0/s1. The topological polar surface area (TPSA) is 105 Å². The van der Waals surface area contributed by atoms with Crippen LogP contribution in [0.4, 0.5) is 4.79 Å². The van der Waals surface area contributed by atoms with Crippen molar-refractivity contribution >= 4 is 23.7 Å². The molecule has 1 fully saturated rings. The van der Waals surface area contributed by atoms with Crippen LogP contribution in [-0.2, 0) is 16.0 Å². The minimum absolute atomic E-state index is 0.00302. The van der Waals surface area contributed by atoms with Gasteiger partial charge in [-0.1, -0.05) is 32.4 Å². The summed E-state index contributed by atoms with van der Waals surface area (Å²) in [6, 6.07) is 1.30. The second-order valence-electron chi connectivity index (χ2n) is 12.1. The first-order valence-electron chi connectivity index (χ1n) is 12.9. The van der Waals surface area contributed by atoms with Crippen LogP contribution in [0.5, 0.6) is 5.88 Å². The fourth-order valence-electron chi connectivity index (χ4n) is 4.76. The van der Waals surface area contributed by atoms with Gasteiger partial charge in [0.25, 0.3) is 5.88 Å². The number of amides is 1. The number of esters is 1. The van der Waals surface area contributed by atoms with E-state index in [1.165, 1.54) is 6.07 Å². The van der Waals surface area contributed by atoms with E-state index < -0.39 is 17.0 Å². The van der Waals surface area contributed by atoms with Crippen molar-refractivity contribution in [2.75, 3.05) is 13.7 Å². The molecule has 1 atom stereocenters. The number of carbonyl (C=O) groups is 2. The minimum atomic E-state index is -0.648. The van der Waals surface area contributed by atoms with Crippen molar-refractivity contribution < 1.29 is 23.8 Å². The number of fused-ring (bicyclic) bond motifs is 3. The van der Waals surface area contributed by atoms with E-state index in [0.717, 1.165) is 0 Å². The van der Waals surface area contributed by atoms with Gasteiger partial charge in [-0.05, 0) is 33.1 Å². The summed E-state index contributed by atoms with van der Waals surface area (Å²) < 4.78 is 20.4. The SMILES string of the molecule is CCOC(=O)c1cn2c(cc1=O)-c1c(Cl)c(OC3CC(N(C)C(=O)OC(C)(C)C)C3)nn1C[C@H]2C(C)(C)C. The number of nitrogens with zero attached hydrogens (tertiary/aromatic N) is 4. The zero-order chi connectivity index (χ0) is 28.2. The third-order valence-electron chi connectivity index (χ3n) is 6.94. The molecular weight excluding hydrogens is 512 g/mol. The van der Waals surface area contributed by atoms with Gasteiger partial charge in [0.2, 0.25) is 0 Å². The number of rotatable bonds is 5. The Labute approximate surface area is 227 Å². The Kier molecular flexibility index (Phi) is 7.33. The van der Waals surface area contributed by atoms with Gasteiger partial charge in [0.1, 0.15) is 28.0 Å². The molecule has 3 heterocycles. The quantitative estimate of drug-likeness (QED) is 0.488. The van der Waals surface area contributed by atoms with Gasteiger partial charge in [0.05, 0.1) is 24.9 Å². The van der Waals surface area contributed by atoms with Crippen LogP contribution in [0.1, 0.15) is 77.7 Å². The van der Waals surface area contributed by atoms with E-state index in [0.29, 0.717) is 35.8 Å². The molecule has 38 heavy (non-hydrogen) atoms. The highest BCUT2D eigenvalue weighted by atomic mass is 35.5. The summed E-state index contributed by atoms with van der Waals surface area (Å²) in [5.41, 5.74) is -0.106. The predicted octanol–water partition coefficient (Wildman–Crippen LogP) is 4.92. The Morgan fingerprint density at radius 2 is 1.84 bits per heavy atom. The first kappa shape index (κ1) is 28.0. The van der Waals surface area contributed by atoms with Gasteiger partial charge < -0.3 is 23.7 Å². The van der Waals surface area contributed by atoms with Crippen molar-refractivity contribution in [3.63, 3.8) is 0 Å². The van der Waals surface area contributed by atoms with Crippen molar-refractivity contribution in [1.82, 2.24) is 19.2 Å². The summed E-state index contributed by atoms with van der Waals surface area (Å²) in [5, 5.41) is 4.96. The molecule has 1 amide bonds. The van der Waals surface area contributed by atoms with E-state index in [2.05, 4.69) is 25.9 Å². The van der Waals surface area contributed by atoms with Crippen molar-refractivity contribution in [3.05, 3.63) is 33.1 Å². The molecule has 2 aliphatic rings. The molecule has 0 saturated heterocycles. The largest absolute Gasteiger partial charge is 0.472 e. The average molecular weight is 549 g/mol. The van der Waals surface area contributed by atoms with E-state index in [-0.39, 0.29) is 47.7 Å². The molecule has 208 valence electrons. The smallest absolute Gasteiger partial charge is 0.410 e. The molecule has 1 aliphatic heterocycles. The van der Waals surface area contributed by atoms with E-state index in [1.807, 2.05) is 25.3 Å². The molecule has 10 nitrogen and oxygen atoms in total. The Bertz CT molecular complexity index is 1300. The Morgan fingerprint density at radius 3 is 2.42 bits per heavy atom. The minimum Gasteiger partial charge on any atom is -0.472 e. The van der Waals surface area contributed by atoms with Crippen LogP contribution >= 0.6 is 11.6 Å². The van der Waals surface area contributed by atoms with E-state index in [1.54, 1.807) is 29.7 Å². The molecule has 0 spiro atoms. The number of pyridine rings is 1. The number of carbonyl (C=O) groups excluding carboxylic acids is 2. The van der Waals surface area contributed by atoms with Gasteiger partial charge in [0, 0.05) is 38.2 Å². The maximum absolute atomic E-state index is 12.9. The fourth-order valence-corrected chi connectivity index (χ4v) is 5.04. The predicted molar refractivity (Wildman–Crippen MR) is 143 cm³/mol. The van der Waals surface area contributed by atoms with Crippen LogP contribution in [0, 0.1) is 5.41 Å². The molecule has 11 heteroatoms. The summed E-state index contributed by atoms with van der Waals surface area (Å²) in [7, 11) is 1.73. The average Bonchev–Trinajstić information content (AvgIpc) is 3.08. The zero-order valence-electron chi connectivity index (χ0n) is 23.3. The van der Waals surface area contributed by atoms with Crippen molar-refractivity contribution in [1.29, 1.82) is 0 Å². The molecule has 4 rings (SSSR count). The van der Waals surface area contributed by atoms with E-state index in [9.17, 15) is 14.4 Å². The van der Waals surface area contributed by atoms with Gasteiger partial charge in [-0.15, -0.1) is 5.10 Å². The van der Waals surface area contributed by atoms with Crippen LogP contribution in [0.25, 0.3) is 11.4 Å². The number of ether oxygens (including phenoxy) is 3. The molecule has 0 unspecified atom stereocenters. The number of aromatic nitrogens is 3. The number of halogens is 1. The van der Waals surface area contributed by atoms with Crippen LogP contribution in [-0.4, -0.2) is 62.7 Å². The Morgan fingerprint density at radius 1 is 1.18 bits per heavy atom. The molecule has 0 radical (unpaired) electrons. The molecular formula is C27H37ClN4O6. The van der Waals surface area contributed by atoms with Gasteiger partial charge in [-0.25, -0.2) is 9.59 Å². The summed E-state index contributed by atoms with van der Waals surface area (Å²) in [6.45, 7) is 14.1. The van der Waals surface area contributed by atoms with Crippen LogP contribution in [0.15, 0.2) is 17.1 Å². The highest BCUT2D eigenvalue weighted by Crippen LogP contribution is 2.45. The lowest BCUT2D eigenvalue weighted by Gasteiger charge is -2.40. The highest BCUT2D eigenvalue weighted by Gasteiger charge is 2.40. The van der Waals surface area contributed by atoms with E-state index in [4.69, 9.17) is 25.8 Å². The lowest BCUT2D eigenvalue weighted by Crippen LogP contribution is -2.51. The normalized spacial score (nSPS) is 20.6. The van der Waals surface area contributed by atoms with Crippen molar-refractivity contribution in [3.8, 4) is 17.3 Å². The van der Waals surface area contributed by atoms with E-state index >= 15 is 0 Å². The third-order valence-corrected chi connectivity index (χ3v) is 7.28. The Hall–Kier alpha value is -3.01. The molecule has 0 aromatic carbocycles. The first-order chi connectivity index (χ1) is 17.6. The number of hydrogen-bond acceptors (Lipinski definition) is 7. The lowest BCUT2D eigenvalue weighted by atomic mass is 9.85. The number of hydrogen-bond donors (Lipinski definition) is 0. The van der Waals surface area contributed by atoms with Crippen LogP contribution < -0.4 is 10.2 Å². The monoisotopic (exact) mass is 548 g/mol. The third kappa shape index (κ3) is 5.41. The second-order valence-corrected chi connectivity index (χ2v) is 12.4. The summed E-state index contributed by atoms with van der Waals surface area (Å²) in [6.07, 6.45) is 2.29. The maximum Gasteiger partial charge on any atom is 0.410 e. The lowest BCUT2D eigenvalue weighted by molar-refractivity contribution is -0.00982. The molecule has 0 N–H and O–H groups in total. The second kappa shape index (κ2) is 9.94. The first-order valence-corrected chi connectivity index (χ1v) is 13.3. The summed E-state index contributed by atoms with van der Waals surface area (Å²) >= 11 is 6.78. The summed E-state index contributed by atoms with van der Waals surface area (Å²) in [4.78, 5) is 39.3. The van der Waals surface area contributed by atoms with Gasteiger partial charge in [-0.3, -0.25) is 9.48 Å². The molecule has 1 aliphatic carbocycles. The Balaban J connectivity index is 1.59. The molecule has 1 saturated carbocycles. The van der Waals surface area contributed by atoms with Gasteiger partial charge >= 0.3 is 12.1 Å². The van der Waals surface area contributed by atoms with Crippen molar-refractivity contribution in [2.24, 2.45) is 5.41 Å². The highest BCUT2D eigenvalue weighted by molar-refractivity contribution is 6.34. The van der Waals surface area contributed by atoms with Crippen molar-refractivity contribution in [2.45, 2.75) is 91.6 Å².